The zero-order valence-electron chi connectivity index (χ0n) is 28.2. The molecule has 264 valence electrons. The van der Waals surface area contributed by atoms with E-state index >= 15 is 0 Å². The standard InChI is InChI=1S/C39H43N7O5/c1-24(41)35(48)43-31-16-8-7-15-29(31)36(49)46-39(23-30(39)28-19-18-26-13-5-6-14-27(26)22-28)38(51)45-33(21-25-11-3-2-4-12-25)37(50)44-32(34(42)47)17-9-10-20-40/h2-8,11-16,18-19,22,30,32-33H,1,9-10,17,20-21,23,40-41H2,(H2,42,47)(H,43,48)(H,44,50)(H,45,51)(H,46,49)/t30?,32-,33+,39?/m0/s1. The number of anilines is 1. The fourth-order valence-corrected chi connectivity index (χ4v) is 6.20. The van der Waals surface area contributed by atoms with Crippen molar-refractivity contribution in [3.05, 3.63) is 126 Å². The molecule has 12 nitrogen and oxygen atoms in total. The molecule has 10 N–H and O–H groups in total. The Kier molecular flexibility index (Phi) is 11.5. The summed E-state index contributed by atoms with van der Waals surface area (Å²) in [6.07, 6.45) is 1.86. The third-order valence-electron chi connectivity index (χ3n) is 9.10. The van der Waals surface area contributed by atoms with E-state index in [0.717, 1.165) is 21.9 Å². The molecule has 51 heavy (non-hydrogen) atoms. The van der Waals surface area contributed by atoms with E-state index in [1.165, 1.54) is 6.07 Å². The van der Waals surface area contributed by atoms with Crippen molar-refractivity contribution >= 4 is 46.0 Å². The molecule has 4 aromatic carbocycles. The molecule has 0 heterocycles. The van der Waals surface area contributed by atoms with Crippen LogP contribution in [0.2, 0.25) is 0 Å². The van der Waals surface area contributed by atoms with Crippen molar-refractivity contribution in [2.75, 3.05) is 11.9 Å². The maximum Gasteiger partial charge on any atom is 0.270 e. The number of nitrogens with two attached hydrogens (primary N) is 3. The van der Waals surface area contributed by atoms with E-state index in [1.54, 1.807) is 18.2 Å². The van der Waals surface area contributed by atoms with Gasteiger partial charge in [-0.15, -0.1) is 0 Å². The van der Waals surface area contributed by atoms with Gasteiger partial charge in [-0.05, 0) is 66.3 Å². The summed E-state index contributed by atoms with van der Waals surface area (Å²) in [4.78, 5) is 67.0. The number of carbonyl (C=O) groups is 5. The van der Waals surface area contributed by atoms with E-state index < -0.39 is 53.1 Å². The van der Waals surface area contributed by atoms with Gasteiger partial charge in [0.2, 0.25) is 17.7 Å². The maximum absolute atomic E-state index is 14.5. The summed E-state index contributed by atoms with van der Waals surface area (Å²) in [5.41, 5.74) is 17.0. The molecule has 4 aromatic rings. The summed E-state index contributed by atoms with van der Waals surface area (Å²) < 4.78 is 0. The van der Waals surface area contributed by atoms with Crippen LogP contribution >= 0.6 is 0 Å². The van der Waals surface area contributed by atoms with E-state index in [1.807, 2.05) is 72.8 Å². The second kappa shape index (κ2) is 16.1. The van der Waals surface area contributed by atoms with Gasteiger partial charge in [-0.1, -0.05) is 91.5 Å². The van der Waals surface area contributed by atoms with E-state index in [9.17, 15) is 24.0 Å². The number of benzene rings is 4. The van der Waals surface area contributed by atoms with Gasteiger partial charge in [0.25, 0.3) is 11.8 Å². The lowest BCUT2D eigenvalue weighted by molar-refractivity contribution is -0.132. The molecule has 1 saturated carbocycles. The fourth-order valence-electron chi connectivity index (χ4n) is 6.20. The first-order chi connectivity index (χ1) is 24.5. The van der Waals surface area contributed by atoms with E-state index in [2.05, 4.69) is 27.8 Å². The number of para-hydroxylation sites is 1. The van der Waals surface area contributed by atoms with Gasteiger partial charge in [-0.25, -0.2) is 0 Å². The number of amides is 5. The maximum atomic E-state index is 14.5. The van der Waals surface area contributed by atoms with Crippen molar-refractivity contribution < 1.29 is 24.0 Å². The highest BCUT2D eigenvalue weighted by Crippen LogP contribution is 2.52. The van der Waals surface area contributed by atoms with Crippen LogP contribution in [-0.4, -0.2) is 53.7 Å². The molecule has 12 heteroatoms. The number of hydrogen-bond donors (Lipinski definition) is 7. The zero-order chi connectivity index (χ0) is 36.5. The lowest BCUT2D eigenvalue weighted by Crippen LogP contribution is -2.58. The Hall–Kier alpha value is -6.01. The lowest BCUT2D eigenvalue weighted by atomic mass is 9.99. The molecule has 0 spiro atoms. The van der Waals surface area contributed by atoms with Crippen molar-refractivity contribution in [3.8, 4) is 0 Å². The predicted octanol–water partition coefficient (Wildman–Crippen LogP) is 2.73. The summed E-state index contributed by atoms with van der Waals surface area (Å²) in [7, 11) is 0. The van der Waals surface area contributed by atoms with E-state index in [4.69, 9.17) is 17.2 Å². The van der Waals surface area contributed by atoms with Crippen LogP contribution < -0.4 is 38.5 Å². The van der Waals surface area contributed by atoms with Gasteiger partial charge in [-0.2, -0.15) is 0 Å². The van der Waals surface area contributed by atoms with Gasteiger partial charge >= 0.3 is 0 Å². The monoisotopic (exact) mass is 689 g/mol. The number of unbranched alkanes of at least 4 members (excludes halogenated alkanes) is 1. The zero-order valence-corrected chi connectivity index (χ0v) is 28.2. The summed E-state index contributed by atoms with van der Waals surface area (Å²) >= 11 is 0. The third-order valence-corrected chi connectivity index (χ3v) is 9.10. The Morgan fingerprint density at radius 2 is 1.49 bits per heavy atom. The minimum absolute atomic E-state index is 0.101. The molecule has 0 radical (unpaired) electrons. The highest BCUT2D eigenvalue weighted by Gasteiger charge is 2.62. The Morgan fingerprint density at radius 1 is 0.804 bits per heavy atom. The summed E-state index contributed by atoms with van der Waals surface area (Å²) in [5, 5.41) is 13.1. The first kappa shape index (κ1) is 36.3. The number of carbonyl (C=O) groups excluding carboxylic acids is 5. The number of hydrogen-bond acceptors (Lipinski definition) is 7. The molecule has 0 bridgehead atoms. The van der Waals surface area contributed by atoms with Gasteiger partial charge in [-0.3, -0.25) is 24.0 Å². The molecule has 1 aliphatic rings. The minimum Gasteiger partial charge on any atom is -0.395 e. The smallest absolute Gasteiger partial charge is 0.270 e. The second-order valence-corrected chi connectivity index (χ2v) is 12.8. The largest absolute Gasteiger partial charge is 0.395 e. The van der Waals surface area contributed by atoms with Crippen LogP contribution in [0.15, 0.2) is 109 Å². The van der Waals surface area contributed by atoms with Crippen LogP contribution in [0.3, 0.4) is 0 Å². The van der Waals surface area contributed by atoms with Gasteiger partial charge in [0, 0.05) is 12.3 Å². The molecule has 1 fully saturated rings. The minimum atomic E-state index is -1.46. The van der Waals surface area contributed by atoms with Crippen LogP contribution in [0.25, 0.3) is 10.8 Å². The van der Waals surface area contributed by atoms with Crippen LogP contribution in [0.1, 0.15) is 53.1 Å². The number of fused-ring (bicyclic) bond motifs is 1. The fraction of sp³-hybridized carbons (Fsp3) is 0.256. The van der Waals surface area contributed by atoms with E-state index in [0.29, 0.717) is 25.8 Å². The van der Waals surface area contributed by atoms with Gasteiger partial charge in [0.05, 0.1) is 16.9 Å². The second-order valence-electron chi connectivity index (χ2n) is 12.8. The Labute approximate surface area is 296 Å². The average Bonchev–Trinajstić information content (AvgIpc) is 3.86. The SMILES string of the molecule is C=C(N)C(=O)Nc1ccccc1C(=O)NC1(C(=O)N[C@H](Cc2ccccc2)C(=O)N[C@@H](CCCCN)C(N)=O)CC1c1ccc2ccccc2c1. The highest BCUT2D eigenvalue weighted by atomic mass is 16.2. The molecule has 2 unspecified atom stereocenters. The molecule has 5 amide bonds. The number of rotatable bonds is 16. The summed E-state index contributed by atoms with van der Waals surface area (Å²) in [6.45, 7) is 3.88. The Morgan fingerprint density at radius 3 is 2.20 bits per heavy atom. The molecule has 0 saturated heterocycles. The first-order valence-corrected chi connectivity index (χ1v) is 16.8. The number of primary amides is 1. The predicted molar refractivity (Wildman–Crippen MR) is 196 cm³/mol. The van der Waals surface area contributed by atoms with Gasteiger partial charge < -0.3 is 38.5 Å². The summed E-state index contributed by atoms with van der Waals surface area (Å²) in [5.74, 6) is -3.62. The normalized spacial score (nSPS) is 17.4. The highest BCUT2D eigenvalue weighted by molar-refractivity contribution is 6.10. The van der Waals surface area contributed by atoms with Crippen LogP contribution in [0, 0.1) is 0 Å². The van der Waals surface area contributed by atoms with Crippen molar-refractivity contribution in [2.24, 2.45) is 17.2 Å². The van der Waals surface area contributed by atoms with Gasteiger partial charge in [0.1, 0.15) is 17.6 Å². The quantitative estimate of drug-likeness (QED) is 0.0690. The molecule has 4 atom stereocenters. The summed E-state index contributed by atoms with van der Waals surface area (Å²) in [6, 6.07) is 27.0. The average molecular weight is 690 g/mol. The van der Waals surface area contributed by atoms with Crippen LogP contribution in [-0.2, 0) is 25.6 Å². The lowest BCUT2D eigenvalue weighted by Gasteiger charge is -2.26. The van der Waals surface area contributed by atoms with Crippen molar-refractivity contribution in [3.63, 3.8) is 0 Å². The first-order valence-electron chi connectivity index (χ1n) is 16.8. The van der Waals surface area contributed by atoms with Crippen LogP contribution in [0.4, 0.5) is 5.69 Å². The molecule has 0 aliphatic heterocycles. The molecule has 1 aliphatic carbocycles. The molecular formula is C39H43N7O5. The Bertz CT molecular complexity index is 1950. The molecular weight excluding hydrogens is 646 g/mol. The van der Waals surface area contributed by atoms with Crippen molar-refractivity contribution in [1.29, 1.82) is 0 Å². The molecule has 0 aromatic heterocycles. The molecule has 5 rings (SSSR count). The number of nitrogens with one attached hydrogen (secondary N) is 4. The third kappa shape index (κ3) is 8.78. The van der Waals surface area contributed by atoms with Crippen molar-refractivity contribution in [2.45, 2.75) is 55.6 Å². The topological polar surface area (TPSA) is 212 Å². The van der Waals surface area contributed by atoms with Crippen LogP contribution in [0.5, 0.6) is 0 Å². The Balaban J connectivity index is 1.47. The van der Waals surface area contributed by atoms with Crippen molar-refractivity contribution in [1.82, 2.24) is 16.0 Å². The van der Waals surface area contributed by atoms with E-state index in [-0.39, 0.29) is 29.8 Å². The van der Waals surface area contributed by atoms with Gasteiger partial charge in [0.15, 0.2) is 0 Å².